The summed E-state index contributed by atoms with van der Waals surface area (Å²) in [7, 11) is 0. The van der Waals surface area contributed by atoms with Gasteiger partial charge >= 0.3 is 0 Å². The molecule has 0 aliphatic carbocycles. The average molecular weight is 242 g/mol. The van der Waals surface area contributed by atoms with E-state index in [1.165, 1.54) is 0 Å². The molecule has 100 valence electrons. The van der Waals surface area contributed by atoms with E-state index in [1.54, 1.807) is 0 Å². The van der Waals surface area contributed by atoms with Crippen molar-refractivity contribution in [2.45, 2.75) is 71.7 Å². The van der Waals surface area contributed by atoms with Gasteiger partial charge in [0.15, 0.2) is 0 Å². The Balaban J connectivity index is 4.66. The Morgan fingerprint density at radius 3 is 2.12 bits per heavy atom. The number of hydrogen-bond acceptors (Lipinski definition) is 3. The normalized spacial score (nSPS) is 15.1. The Labute approximate surface area is 104 Å². The topological polar surface area (TPSA) is 72.2 Å². The molecule has 0 amide bonds. The Morgan fingerprint density at radius 1 is 1.24 bits per heavy atom. The molecule has 0 saturated heterocycles. The molecular weight excluding hydrogens is 216 g/mol. The van der Waals surface area contributed by atoms with Crippen LogP contribution in [0, 0.1) is 0 Å². The van der Waals surface area contributed by atoms with Crippen LogP contribution in [-0.4, -0.2) is 40.8 Å². The van der Waals surface area contributed by atoms with Crippen LogP contribution >= 0.6 is 0 Å². The summed E-state index contributed by atoms with van der Waals surface area (Å²) >= 11 is 0. The van der Waals surface area contributed by atoms with Crippen molar-refractivity contribution in [1.29, 1.82) is 0 Å². The summed E-state index contributed by atoms with van der Waals surface area (Å²) < 4.78 is 0. The Morgan fingerprint density at radius 2 is 1.76 bits per heavy atom. The van der Waals surface area contributed by atoms with Gasteiger partial charge in [-0.1, -0.05) is 18.5 Å². The van der Waals surface area contributed by atoms with Crippen molar-refractivity contribution in [1.82, 2.24) is 4.90 Å². The molecule has 0 aromatic rings. The van der Waals surface area contributed by atoms with Crippen LogP contribution in [-0.2, 0) is 0 Å². The van der Waals surface area contributed by atoms with Crippen LogP contribution in [0.2, 0.25) is 0 Å². The van der Waals surface area contributed by atoms with Crippen LogP contribution in [0.15, 0.2) is 5.11 Å². The molecule has 0 spiro atoms. The third-order valence-corrected chi connectivity index (χ3v) is 2.95. The molecule has 0 heterocycles. The molecule has 5 nitrogen and oxygen atoms in total. The highest BCUT2D eigenvalue weighted by Crippen LogP contribution is 2.13. The molecular formula is C12H26N4O. The van der Waals surface area contributed by atoms with Gasteiger partial charge in [0, 0.05) is 23.5 Å². The second-order valence-corrected chi connectivity index (χ2v) is 5.01. The first-order chi connectivity index (χ1) is 7.93. The molecule has 0 aromatic heterocycles. The fraction of sp³-hybridized carbons (Fsp3) is 1.00. The molecule has 0 aliphatic heterocycles. The number of nitrogens with zero attached hydrogens (tertiary/aromatic N) is 4. The minimum atomic E-state index is -0.545. The fourth-order valence-corrected chi connectivity index (χ4v) is 2.02. The summed E-state index contributed by atoms with van der Waals surface area (Å²) in [6.07, 6.45) is 1.02. The van der Waals surface area contributed by atoms with Crippen molar-refractivity contribution < 1.29 is 5.11 Å². The second-order valence-electron chi connectivity index (χ2n) is 5.01. The molecule has 0 rings (SSSR count). The lowest BCUT2D eigenvalue weighted by atomic mass is 10.1. The highest BCUT2D eigenvalue weighted by atomic mass is 16.3. The molecule has 2 atom stereocenters. The smallest absolute Gasteiger partial charge is 0.0760 e. The van der Waals surface area contributed by atoms with Crippen LogP contribution in [0.25, 0.3) is 10.4 Å². The van der Waals surface area contributed by atoms with E-state index in [1.807, 2.05) is 6.92 Å². The molecule has 0 aliphatic rings. The molecule has 5 heteroatoms. The summed E-state index contributed by atoms with van der Waals surface area (Å²) in [6.45, 7) is 11.1. The van der Waals surface area contributed by atoms with E-state index in [2.05, 4.69) is 42.6 Å². The molecule has 0 unspecified atom stereocenters. The number of aliphatic hydroxyl groups is 1. The first-order valence-electron chi connectivity index (χ1n) is 6.42. The Kier molecular flexibility index (Phi) is 7.96. The quantitative estimate of drug-likeness (QED) is 0.404. The first kappa shape index (κ1) is 16.2. The van der Waals surface area contributed by atoms with Crippen LogP contribution < -0.4 is 0 Å². The minimum absolute atomic E-state index is 0.357. The van der Waals surface area contributed by atoms with Gasteiger partial charge in [0.1, 0.15) is 0 Å². The molecule has 0 fully saturated rings. The minimum Gasteiger partial charge on any atom is -0.393 e. The van der Waals surface area contributed by atoms with Gasteiger partial charge in [-0.05, 0) is 39.6 Å². The maximum Gasteiger partial charge on any atom is 0.0760 e. The van der Waals surface area contributed by atoms with Crippen molar-refractivity contribution >= 4 is 0 Å². The van der Waals surface area contributed by atoms with E-state index in [-0.39, 0.29) is 6.04 Å². The standard InChI is InChI=1S/C12H26N4O/c1-6-7-12(17)11(14-15-13)8-16(9(2)3)10(4)5/h9-12,17H,6-8H2,1-5H3/t11-,12+/m0/s1. The van der Waals surface area contributed by atoms with Gasteiger partial charge in [-0.15, -0.1) is 0 Å². The molecule has 0 radical (unpaired) electrons. The predicted molar refractivity (Wildman–Crippen MR) is 70.8 cm³/mol. The van der Waals surface area contributed by atoms with Gasteiger partial charge in [0.05, 0.1) is 12.1 Å². The monoisotopic (exact) mass is 242 g/mol. The number of hydrogen-bond donors (Lipinski definition) is 1. The lowest BCUT2D eigenvalue weighted by Crippen LogP contribution is -2.44. The number of aliphatic hydroxyl groups excluding tert-OH is 1. The van der Waals surface area contributed by atoms with E-state index in [0.29, 0.717) is 25.0 Å². The van der Waals surface area contributed by atoms with Crippen molar-refractivity contribution in [3.8, 4) is 0 Å². The average Bonchev–Trinajstić information content (AvgIpc) is 2.23. The van der Waals surface area contributed by atoms with Crippen LogP contribution in [0.3, 0.4) is 0 Å². The largest absolute Gasteiger partial charge is 0.393 e. The van der Waals surface area contributed by atoms with Gasteiger partial charge in [-0.25, -0.2) is 0 Å². The SMILES string of the molecule is CCC[C@@H](O)[C@H](CN(C(C)C)C(C)C)N=[N+]=[N-]. The van der Waals surface area contributed by atoms with Crippen molar-refractivity contribution in [3.05, 3.63) is 10.4 Å². The summed E-state index contributed by atoms with van der Waals surface area (Å²) in [5.41, 5.74) is 8.57. The van der Waals surface area contributed by atoms with E-state index in [9.17, 15) is 5.11 Å². The molecule has 1 N–H and O–H groups in total. The fourth-order valence-electron chi connectivity index (χ4n) is 2.02. The molecule has 0 saturated carbocycles. The highest BCUT2D eigenvalue weighted by molar-refractivity contribution is 4.82. The van der Waals surface area contributed by atoms with Crippen molar-refractivity contribution in [2.75, 3.05) is 6.54 Å². The van der Waals surface area contributed by atoms with Gasteiger partial charge in [-0.3, -0.25) is 4.90 Å². The molecule has 0 aromatic carbocycles. The third-order valence-electron chi connectivity index (χ3n) is 2.95. The lowest BCUT2D eigenvalue weighted by Gasteiger charge is -2.34. The number of rotatable bonds is 8. The van der Waals surface area contributed by atoms with Gasteiger partial charge in [0.2, 0.25) is 0 Å². The lowest BCUT2D eigenvalue weighted by molar-refractivity contribution is 0.0875. The Hall–Kier alpha value is -0.770. The third kappa shape index (κ3) is 5.91. The highest BCUT2D eigenvalue weighted by Gasteiger charge is 2.23. The predicted octanol–water partition coefficient (Wildman–Crippen LogP) is 2.95. The zero-order valence-electron chi connectivity index (χ0n) is 11.7. The van der Waals surface area contributed by atoms with Gasteiger partial charge in [0.25, 0.3) is 0 Å². The maximum atomic E-state index is 9.96. The van der Waals surface area contributed by atoms with E-state index < -0.39 is 6.10 Å². The van der Waals surface area contributed by atoms with Crippen molar-refractivity contribution in [2.24, 2.45) is 5.11 Å². The van der Waals surface area contributed by atoms with E-state index >= 15 is 0 Å². The first-order valence-corrected chi connectivity index (χ1v) is 6.42. The number of azide groups is 1. The summed E-state index contributed by atoms with van der Waals surface area (Å²) in [5, 5.41) is 13.7. The van der Waals surface area contributed by atoms with Gasteiger partial charge < -0.3 is 5.11 Å². The van der Waals surface area contributed by atoms with E-state index in [0.717, 1.165) is 6.42 Å². The summed E-state index contributed by atoms with van der Waals surface area (Å²) in [4.78, 5) is 5.08. The maximum absolute atomic E-state index is 9.96. The van der Waals surface area contributed by atoms with Crippen LogP contribution in [0.1, 0.15) is 47.5 Å². The zero-order chi connectivity index (χ0) is 13.4. The molecule has 0 bridgehead atoms. The van der Waals surface area contributed by atoms with Crippen LogP contribution in [0.4, 0.5) is 0 Å². The Bertz CT molecular complexity index is 241. The van der Waals surface area contributed by atoms with Crippen LogP contribution in [0.5, 0.6) is 0 Å². The van der Waals surface area contributed by atoms with E-state index in [4.69, 9.17) is 5.53 Å². The second kappa shape index (κ2) is 8.34. The summed E-state index contributed by atoms with van der Waals surface area (Å²) in [5.74, 6) is 0. The van der Waals surface area contributed by atoms with Gasteiger partial charge in [-0.2, -0.15) is 0 Å². The molecule has 17 heavy (non-hydrogen) atoms. The summed E-state index contributed by atoms with van der Waals surface area (Å²) in [6, 6.07) is 0.394. The zero-order valence-corrected chi connectivity index (χ0v) is 11.7. The van der Waals surface area contributed by atoms with Crippen molar-refractivity contribution in [3.63, 3.8) is 0 Å².